The minimum absolute atomic E-state index is 0.0828. The van der Waals surface area contributed by atoms with Crippen LogP contribution in [0.4, 0.5) is 0 Å². The van der Waals surface area contributed by atoms with Crippen LogP contribution in [0.2, 0.25) is 0 Å². The minimum Gasteiger partial charge on any atom is -0.358 e. The fourth-order valence-electron chi connectivity index (χ4n) is 1.29. The average Bonchev–Trinajstić information content (AvgIpc) is 2.09. The van der Waals surface area contributed by atoms with E-state index in [4.69, 9.17) is 0 Å². The van der Waals surface area contributed by atoms with Crippen LogP contribution in [0.15, 0.2) is 0 Å². The molecule has 0 radical (unpaired) electrons. The molecule has 0 aliphatic carbocycles. The summed E-state index contributed by atoms with van der Waals surface area (Å²) in [4.78, 5) is 22.5. The summed E-state index contributed by atoms with van der Waals surface area (Å²) in [5.74, 6) is -0.186. The molecule has 1 saturated heterocycles. The second-order valence-corrected chi connectivity index (χ2v) is 3.29. The number of hydrogen-bond acceptors (Lipinski definition) is 2. The molecule has 0 aromatic rings. The average molecular weight is 186 g/mol. The normalized spacial score (nSPS) is 28.2. The Balaban J connectivity index is 2.46. The largest absolute Gasteiger partial charge is 0.358 e. The van der Waals surface area contributed by atoms with Crippen molar-refractivity contribution >= 4 is 11.8 Å². The molecule has 0 saturated carbocycles. The summed E-state index contributed by atoms with van der Waals surface area (Å²) in [6, 6.07) is -0.756. The number of carbonyl (C=O) groups excluding carboxylic acids is 2. The molecule has 74 valence electrons. The van der Waals surface area contributed by atoms with Crippen molar-refractivity contribution in [3.63, 3.8) is 0 Å². The first-order valence-corrected chi connectivity index (χ1v) is 4.55. The predicted molar refractivity (Wildman–Crippen MR) is 46.5 cm³/mol. The van der Waals surface area contributed by atoms with Crippen molar-refractivity contribution < 1.29 is 15.3 Å². The van der Waals surface area contributed by atoms with Gasteiger partial charge in [0.2, 0.25) is 11.8 Å². The Bertz CT molecular complexity index is 217. The van der Waals surface area contributed by atoms with Crippen molar-refractivity contribution in [1.29, 1.82) is 0 Å². The molecule has 2 atom stereocenters. The van der Waals surface area contributed by atoms with E-state index in [1.54, 1.807) is 6.92 Å². The third-order valence-electron chi connectivity index (χ3n) is 2.13. The number of carbonyl (C=O) groups is 2. The van der Waals surface area contributed by atoms with Gasteiger partial charge in [-0.15, -0.1) is 0 Å². The fraction of sp³-hybridized carbons (Fsp3) is 0.750. The number of amides is 2. The molecule has 0 bridgehead atoms. The Hall–Kier alpha value is -1.10. The summed E-state index contributed by atoms with van der Waals surface area (Å²) in [5, 5.41) is 5.29. The lowest BCUT2D eigenvalue weighted by Gasteiger charge is -2.27. The standard InChI is InChI=1S/C8H15N3O2/c1-5-7(12)11-6(3-2-4-9)8(13)10-5/h5-6H,2-4,9H2,1H3,(H,10,13)(H,11,12)/p+1. The van der Waals surface area contributed by atoms with E-state index in [0.29, 0.717) is 6.42 Å². The highest BCUT2D eigenvalue weighted by atomic mass is 16.2. The molecule has 0 aromatic heterocycles. The summed E-state index contributed by atoms with van der Waals surface area (Å²) in [5.41, 5.74) is 3.68. The molecular formula is C8H16N3O2+. The molecule has 1 aliphatic heterocycles. The molecule has 1 fully saturated rings. The van der Waals surface area contributed by atoms with Gasteiger partial charge in [-0.2, -0.15) is 0 Å². The maximum Gasteiger partial charge on any atom is 0.243 e. The molecular weight excluding hydrogens is 170 g/mol. The first-order chi connectivity index (χ1) is 6.15. The Morgan fingerprint density at radius 2 is 2.00 bits per heavy atom. The van der Waals surface area contributed by atoms with Crippen LogP contribution in [-0.2, 0) is 9.59 Å². The highest BCUT2D eigenvalue weighted by molar-refractivity contribution is 5.96. The second kappa shape index (κ2) is 4.23. The van der Waals surface area contributed by atoms with Crippen LogP contribution in [0.3, 0.4) is 0 Å². The quantitative estimate of drug-likeness (QED) is 0.476. The van der Waals surface area contributed by atoms with Gasteiger partial charge in [-0.1, -0.05) is 0 Å². The van der Waals surface area contributed by atoms with Crippen LogP contribution in [0.25, 0.3) is 0 Å². The molecule has 5 N–H and O–H groups in total. The smallest absolute Gasteiger partial charge is 0.243 e. The van der Waals surface area contributed by atoms with Gasteiger partial charge in [0.25, 0.3) is 0 Å². The van der Waals surface area contributed by atoms with E-state index < -0.39 is 6.04 Å². The van der Waals surface area contributed by atoms with E-state index in [0.717, 1.165) is 13.0 Å². The third kappa shape index (κ3) is 2.42. The Morgan fingerprint density at radius 1 is 1.31 bits per heavy atom. The monoisotopic (exact) mass is 186 g/mol. The molecule has 2 amide bonds. The van der Waals surface area contributed by atoms with E-state index >= 15 is 0 Å². The molecule has 0 spiro atoms. The molecule has 1 rings (SSSR count). The lowest BCUT2D eigenvalue weighted by molar-refractivity contribution is -0.368. The maximum atomic E-state index is 11.3. The Kier molecular flexibility index (Phi) is 3.25. The van der Waals surface area contributed by atoms with E-state index in [9.17, 15) is 9.59 Å². The first kappa shape index (κ1) is 9.98. The van der Waals surface area contributed by atoms with Gasteiger partial charge >= 0.3 is 0 Å². The molecule has 2 unspecified atom stereocenters. The summed E-state index contributed by atoms with van der Waals surface area (Å²) in [6.07, 6.45) is 1.53. The molecule has 5 nitrogen and oxygen atoms in total. The van der Waals surface area contributed by atoms with Gasteiger partial charge in [0.05, 0.1) is 6.54 Å². The first-order valence-electron chi connectivity index (χ1n) is 4.55. The van der Waals surface area contributed by atoms with Gasteiger partial charge in [0.1, 0.15) is 12.1 Å². The minimum atomic E-state index is -0.400. The van der Waals surface area contributed by atoms with Crippen molar-refractivity contribution in [2.24, 2.45) is 0 Å². The fourth-order valence-corrected chi connectivity index (χ4v) is 1.29. The van der Waals surface area contributed by atoms with Crippen molar-refractivity contribution in [3.8, 4) is 0 Å². The summed E-state index contributed by atoms with van der Waals surface area (Å²) >= 11 is 0. The number of piperazine rings is 1. The lowest BCUT2D eigenvalue weighted by Crippen LogP contribution is -2.61. The second-order valence-electron chi connectivity index (χ2n) is 3.29. The number of hydrogen-bond donors (Lipinski definition) is 3. The Labute approximate surface area is 77.1 Å². The highest BCUT2D eigenvalue weighted by Crippen LogP contribution is 2.02. The number of quaternary nitrogens is 1. The zero-order valence-electron chi connectivity index (χ0n) is 7.80. The van der Waals surface area contributed by atoms with Gasteiger partial charge in [0, 0.05) is 0 Å². The number of rotatable bonds is 3. The Morgan fingerprint density at radius 3 is 2.62 bits per heavy atom. The van der Waals surface area contributed by atoms with Crippen molar-refractivity contribution in [1.82, 2.24) is 10.6 Å². The van der Waals surface area contributed by atoms with Crippen LogP contribution in [0.5, 0.6) is 0 Å². The van der Waals surface area contributed by atoms with E-state index in [1.807, 2.05) is 0 Å². The van der Waals surface area contributed by atoms with Crippen LogP contribution in [0, 0.1) is 0 Å². The van der Waals surface area contributed by atoms with Crippen LogP contribution in [-0.4, -0.2) is 30.4 Å². The van der Waals surface area contributed by atoms with Gasteiger partial charge in [0.15, 0.2) is 0 Å². The van der Waals surface area contributed by atoms with Gasteiger partial charge in [-0.25, -0.2) is 0 Å². The van der Waals surface area contributed by atoms with Gasteiger partial charge < -0.3 is 16.4 Å². The van der Waals surface area contributed by atoms with Crippen LogP contribution in [0.1, 0.15) is 19.8 Å². The van der Waals surface area contributed by atoms with Gasteiger partial charge in [-0.3, -0.25) is 9.59 Å². The molecule has 13 heavy (non-hydrogen) atoms. The third-order valence-corrected chi connectivity index (χ3v) is 2.13. The topological polar surface area (TPSA) is 85.8 Å². The predicted octanol–water partition coefficient (Wildman–Crippen LogP) is -1.99. The summed E-state index contributed by atoms with van der Waals surface area (Å²) < 4.78 is 0. The van der Waals surface area contributed by atoms with E-state index in [2.05, 4.69) is 16.4 Å². The zero-order valence-corrected chi connectivity index (χ0v) is 7.80. The van der Waals surface area contributed by atoms with Crippen molar-refractivity contribution in [2.75, 3.05) is 6.54 Å². The van der Waals surface area contributed by atoms with Crippen LogP contribution < -0.4 is 16.4 Å². The highest BCUT2D eigenvalue weighted by Gasteiger charge is 2.30. The summed E-state index contributed by atoms with van der Waals surface area (Å²) in [6.45, 7) is 2.46. The van der Waals surface area contributed by atoms with Crippen molar-refractivity contribution in [3.05, 3.63) is 0 Å². The molecule has 1 aliphatic rings. The summed E-state index contributed by atoms with van der Waals surface area (Å²) in [7, 11) is 0. The molecule has 0 aromatic carbocycles. The van der Waals surface area contributed by atoms with Crippen LogP contribution >= 0.6 is 0 Å². The van der Waals surface area contributed by atoms with Crippen molar-refractivity contribution in [2.45, 2.75) is 31.8 Å². The van der Waals surface area contributed by atoms with Gasteiger partial charge in [-0.05, 0) is 19.8 Å². The SMILES string of the molecule is CC1NC(=O)C(CCC[NH3+])NC1=O. The molecule has 5 heteroatoms. The van der Waals surface area contributed by atoms with E-state index in [-0.39, 0.29) is 17.9 Å². The maximum absolute atomic E-state index is 11.3. The van der Waals surface area contributed by atoms with E-state index in [1.165, 1.54) is 0 Å². The molecule has 1 heterocycles. The number of nitrogens with one attached hydrogen (secondary N) is 2. The zero-order chi connectivity index (χ0) is 9.84. The lowest BCUT2D eigenvalue weighted by atomic mass is 10.1.